The maximum atomic E-state index is 12.6. The van der Waals surface area contributed by atoms with E-state index in [2.05, 4.69) is 0 Å². The van der Waals surface area contributed by atoms with Gasteiger partial charge in [0.05, 0.1) is 0 Å². The number of amides is 1. The smallest absolute Gasteiger partial charge is 0.270 e. The highest BCUT2D eigenvalue weighted by atomic mass is 32.2. The van der Waals surface area contributed by atoms with E-state index < -0.39 is 10.0 Å². The Hall–Kier alpha value is -1.34. The Morgan fingerprint density at radius 3 is 2.55 bits per heavy atom. The van der Waals surface area contributed by atoms with Crippen LogP contribution in [0, 0.1) is 0 Å². The number of primary sulfonamides is 1. The van der Waals surface area contributed by atoms with Gasteiger partial charge in [0.15, 0.2) is 0 Å². The van der Waals surface area contributed by atoms with E-state index in [1.165, 1.54) is 12.3 Å². The average Bonchev–Trinajstić information content (AvgIpc) is 2.95. The third-order valence-electron chi connectivity index (χ3n) is 4.13. The molecule has 1 amide bonds. The first-order valence-corrected chi connectivity index (χ1v) is 8.48. The molecule has 0 bridgehead atoms. The number of likely N-dealkylation sites (tertiary alicyclic amines) is 1. The molecular weight excluding hydrogens is 278 g/mol. The molecule has 1 aromatic heterocycles. The second-order valence-corrected chi connectivity index (χ2v) is 7.30. The predicted octanol–water partition coefficient (Wildman–Crippen LogP) is 1.09. The molecule has 1 saturated heterocycles. The van der Waals surface area contributed by atoms with Crippen molar-refractivity contribution in [2.45, 2.75) is 49.6 Å². The van der Waals surface area contributed by atoms with Crippen LogP contribution in [0.4, 0.5) is 0 Å². The van der Waals surface area contributed by atoms with Crippen LogP contribution in [0.15, 0.2) is 17.2 Å². The van der Waals surface area contributed by atoms with Gasteiger partial charge in [-0.15, -0.1) is 0 Å². The van der Waals surface area contributed by atoms with Gasteiger partial charge in [-0.2, -0.15) is 0 Å². The van der Waals surface area contributed by atoms with E-state index in [1.807, 2.05) is 11.8 Å². The topological polar surface area (TPSA) is 85.4 Å². The molecule has 2 fully saturated rings. The molecule has 1 aliphatic heterocycles. The van der Waals surface area contributed by atoms with E-state index in [1.54, 1.807) is 4.57 Å². The summed E-state index contributed by atoms with van der Waals surface area (Å²) < 4.78 is 24.8. The van der Waals surface area contributed by atoms with E-state index in [9.17, 15) is 13.2 Å². The van der Waals surface area contributed by atoms with Crippen molar-refractivity contribution in [3.63, 3.8) is 0 Å². The molecule has 1 aliphatic carbocycles. The molecule has 1 saturated carbocycles. The lowest BCUT2D eigenvalue weighted by molar-refractivity contribution is 0.0736. The number of carbonyl (C=O) groups excluding carboxylic acids is 1. The lowest BCUT2D eigenvalue weighted by Crippen LogP contribution is -2.34. The standard InChI is InChI=1S/C13H19N3O3S/c1-9-3-2-6-15(9)13(17)12-7-11(20(14,18)19)8-16(12)10-4-5-10/h7-10H,2-6H2,1H3,(H2,14,18,19). The zero-order chi connectivity index (χ0) is 14.5. The van der Waals surface area contributed by atoms with Crippen LogP contribution in [-0.2, 0) is 10.0 Å². The van der Waals surface area contributed by atoms with Gasteiger partial charge >= 0.3 is 0 Å². The summed E-state index contributed by atoms with van der Waals surface area (Å²) >= 11 is 0. The second kappa shape index (κ2) is 4.60. The van der Waals surface area contributed by atoms with Gasteiger partial charge in [0, 0.05) is 24.8 Å². The van der Waals surface area contributed by atoms with E-state index in [4.69, 9.17) is 5.14 Å². The van der Waals surface area contributed by atoms with Crippen LogP contribution in [0.25, 0.3) is 0 Å². The van der Waals surface area contributed by atoms with E-state index in [-0.39, 0.29) is 22.9 Å². The van der Waals surface area contributed by atoms with Crippen LogP contribution >= 0.6 is 0 Å². The fourth-order valence-corrected chi connectivity index (χ4v) is 3.35. The molecule has 2 aliphatic rings. The van der Waals surface area contributed by atoms with Crippen molar-refractivity contribution in [1.29, 1.82) is 0 Å². The van der Waals surface area contributed by atoms with Crippen molar-refractivity contribution in [2.24, 2.45) is 5.14 Å². The van der Waals surface area contributed by atoms with Gasteiger partial charge in [0.1, 0.15) is 10.6 Å². The third-order valence-corrected chi connectivity index (χ3v) is 5.01. The first-order valence-electron chi connectivity index (χ1n) is 6.93. The number of hydrogen-bond acceptors (Lipinski definition) is 3. The van der Waals surface area contributed by atoms with Gasteiger partial charge in [0.25, 0.3) is 5.91 Å². The van der Waals surface area contributed by atoms with Crippen LogP contribution in [0.1, 0.15) is 49.1 Å². The second-order valence-electron chi connectivity index (χ2n) is 5.73. The molecule has 1 aromatic rings. The van der Waals surface area contributed by atoms with Crippen molar-refractivity contribution in [2.75, 3.05) is 6.54 Å². The van der Waals surface area contributed by atoms with Gasteiger partial charge in [0.2, 0.25) is 10.0 Å². The number of nitrogens with two attached hydrogens (primary N) is 1. The molecule has 110 valence electrons. The van der Waals surface area contributed by atoms with E-state index in [0.717, 1.165) is 32.2 Å². The maximum Gasteiger partial charge on any atom is 0.270 e. The number of hydrogen-bond donors (Lipinski definition) is 1. The van der Waals surface area contributed by atoms with Crippen molar-refractivity contribution < 1.29 is 13.2 Å². The van der Waals surface area contributed by atoms with Crippen LogP contribution in [0.3, 0.4) is 0 Å². The molecule has 0 aromatic carbocycles. The Labute approximate surface area is 118 Å². The Bertz CT molecular complexity index is 646. The fourth-order valence-electron chi connectivity index (χ4n) is 2.82. The minimum Gasteiger partial charge on any atom is -0.339 e. The summed E-state index contributed by atoms with van der Waals surface area (Å²) in [5.74, 6) is -0.0863. The summed E-state index contributed by atoms with van der Waals surface area (Å²) in [5.41, 5.74) is 0.449. The average molecular weight is 297 g/mol. The molecule has 3 rings (SSSR count). The zero-order valence-corrected chi connectivity index (χ0v) is 12.3. The molecule has 20 heavy (non-hydrogen) atoms. The SMILES string of the molecule is CC1CCCN1C(=O)c1cc(S(N)(=O)=O)cn1C1CC1. The minimum absolute atomic E-state index is 0.0274. The molecule has 1 unspecified atom stereocenters. The number of aromatic nitrogens is 1. The highest BCUT2D eigenvalue weighted by molar-refractivity contribution is 7.89. The van der Waals surface area contributed by atoms with Gasteiger partial charge in [-0.3, -0.25) is 4.79 Å². The lowest BCUT2D eigenvalue weighted by atomic mass is 10.2. The monoisotopic (exact) mass is 297 g/mol. The molecule has 1 atom stereocenters. The number of rotatable bonds is 3. The Balaban J connectivity index is 1.99. The predicted molar refractivity (Wildman–Crippen MR) is 73.8 cm³/mol. The summed E-state index contributed by atoms with van der Waals surface area (Å²) in [6, 6.07) is 1.87. The van der Waals surface area contributed by atoms with Crippen LogP contribution in [0.5, 0.6) is 0 Å². The fraction of sp³-hybridized carbons (Fsp3) is 0.615. The normalized spacial score (nSPS) is 23.3. The van der Waals surface area contributed by atoms with Gasteiger partial charge < -0.3 is 9.47 Å². The molecule has 6 nitrogen and oxygen atoms in total. The molecule has 0 spiro atoms. The molecular formula is C13H19N3O3S. The third kappa shape index (κ3) is 2.35. The zero-order valence-electron chi connectivity index (χ0n) is 11.4. The van der Waals surface area contributed by atoms with Crippen molar-refractivity contribution in [1.82, 2.24) is 9.47 Å². The lowest BCUT2D eigenvalue weighted by Gasteiger charge is -2.22. The first-order chi connectivity index (χ1) is 9.38. The number of carbonyl (C=O) groups is 1. The van der Waals surface area contributed by atoms with Gasteiger partial charge in [-0.25, -0.2) is 13.6 Å². The summed E-state index contributed by atoms with van der Waals surface area (Å²) in [5, 5.41) is 5.17. The van der Waals surface area contributed by atoms with Crippen LogP contribution < -0.4 is 5.14 Å². The van der Waals surface area contributed by atoms with Crippen molar-refractivity contribution in [3.8, 4) is 0 Å². The minimum atomic E-state index is -3.77. The van der Waals surface area contributed by atoms with E-state index in [0.29, 0.717) is 5.69 Å². The van der Waals surface area contributed by atoms with Crippen molar-refractivity contribution >= 4 is 15.9 Å². The van der Waals surface area contributed by atoms with Crippen LogP contribution in [0.2, 0.25) is 0 Å². The largest absolute Gasteiger partial charge is 0.339 e. The summed E-state index contributed by atoms with van der Waals surface area (Å²) in [6.07, 6.45) is 5.46. The summed E-state index contributed by atoms with van der Waals surface area (Å²) in [6.45, 7) is 2.76. The summed E-state index contributed by atoms with van der Waals surface area (Å²) in [4.78, 5) is 14.5. The van der Waals surface area contributed by atoms with Gasteiger partial charge in [-0.1, -0.05) is 0 Å². The highest BCUT2D eigenvalue weighted by Crippen LogP contribution is 2.37. The highest BCUT2D eigenvalue weighted by Gasteiger charge is 2.33. The Morgan fingerprint density at radius 2 is 2.05 bits per heavy atom. The number of nitrogens with zero attached hydrogens (tertiary/aromatic N) is 2. The first kappa shape index (κ1) is 13.6. The molecule has 7 heteroatoms. The van der Waals surface area contributed by atoms with Gasteiger partial charge in [-0.05, 0) is 38.7 Å². The van der Waals surface area contributed by atoms with Crippen molar-refractivity contribution in [3.05, 3.63) is 18.0 Å². The molecule has 0 radical (unpaired) electrons. The maximum absolute atomic E-state index is 12.6. The summed E-state index contributed by atoms with van der Waals surface area (Å²) in [7, 11) is -3.77. The van der Waals surface area contributed by atoms with E-state index >= 15 is 0 Å². The molecule has 2 heterocycles. The molecule has 2 N–H and O–H groups in total. The number of sulfonamides is 1. The quantitative estimate of drug-likeness (QED) is 0.906. The Morgan fingerprint density at radius 1 is 1.35 bits per heavy atom. The Kier molecular flexibility index (Phi) is 3.13. The van der Waals surface area contributed by atoms with Crippen LogP contribution in [-0.4, -0.2) is 36.4 Å².